The van der Waals surface area contributed by atoms with Gasteiger partial charge >= 0.3 is 0 Å². The number of rotatable bonds is 9. The molecule has 2 aromatic carbocycles. The van der Waals surface area contributed by atoms with E-state index in [1.165, 1.54) is 12.8 Å². The fourth-order valence-corrected chi connectivity index (χ4v) is 3.50. The van der Waals surface area contributed by atoms with E-state index in [4.69, 9.17) is 0 Å². The summed E-state index contributed by atoms with van der Waals surface area (Å²) in [5.74, 6) is 0. The number of anilines is 2. The number of unbranched alkanes of at least 4 members (excludes halogenated alkanes) is 2. The number of aromatic nitrogens is 2. The standard InChI is InChI=1S/C23H31N5O.2ClH/c1-27(2)15-9-5-8-14-24-20-16-17(12-13-21(20)28(3)4)22-18-10-6-7-11-19(18)23(29)26-25-22;;/h6-7,10-13,16,24H,5,8-9,14-15H2,1-4H3,(H,26,29);2*1H. The largest absolute Gasteiger partial charge is 0.383 e. The molecule has 0 aliphatic heterocycles. The lowest BCUT2D eigenvalue weighted by Gasteiger charge is -2.20. The monoisotopic (exact) mass is 465 g/mol. The van der Waals surface area contributed by atoms with Crippen molar-refractivity contribution >= 4 is 47.0 Å². The first-order valence-electron chi connectivity index (χ1n) is 10.1. The summed E-state index contributed by atoms with van der Waals surface area (Å²) in [6.07, 6.45) is 3.54. The van der Waals surface area contributed by atoms with Gasteiger partial charge in [-0.15, -0.1) is 24.8 Å². The van der Waals surface area contributed by atoms with Gasteiger partial charge in [-0.1, -0.05) is 30.7 Å². The van der Waals surface area contributed by atoms with Crippen molar-refractivity contribution < 1.29 is 0 Å². The van der Waals surface area contributed by atoms with Crippen molar-refractivity contribution in [1.29, 1.82) is 0 Å². The van der Waals surface area contributed by atoms with Crippen molar-refractivity contribution in [3.05, 3.63) is 52.8 Å². The van der Waals surface area contributed by atoms with Gasteiger partial charge in [-0.3, -0.25) is 4.79 Å². The van der Waals surface area contributed by atoms with Crippen LogP contribution < -0.4 is 15.8 Å². The van der Waals surface area contributed by atoms with Gasteiger partial charge in [0.2, 0.25) is 0 Å². The number of nitrogens with one attached hydrogen (secondary N) is 2. The van der Waals surface area contributed by atoms with Crippen LogP contribution in [0.1, 0.15) is 19.3 Å². The van der Waals surface area contributed by atoms with Crippen LogP contribution in [0.15, 0.2) is 47.3 Å². The summed E-state index contributed by atoms with van der Waals surface area (Å²) in [7, 11) is 8.32. The Kier molecular flexibility index (Phi) is 10.8. The van der Waals surface area contributed by atoms with Gasteiger partial charge in [0.05, 0.1) is 22.5 Å². The molecule has 0 aliphatic rings. The molecule has 8 heteroatoms. The molecule has 3 aromatic rings. The molecule has 170 valence electrons. The molecule has 6 nitrogen and oxygen atoms in total. The van der Waals surface area contributed by atoms with Gasteiger partial charge in [0.25, 0.3) is 5.56 Å². The molecule has 0 unspecified atom stereocenters. The van der Waals surface area contributed by atoms with Crippen LogP contribution in [0.3, 0.4) is 0 Å². The SMILES string of the molecule is CN(C)CCCCCNc1cc(-c2n[nH]c(=O)c3ccccc23)ccc1N(C)C.Cl.Cl. The number of H-pyrrole nitrogens is 1. The van der Waals surface area contributed by atoms with Crippen molar-refractivity contribution in [2.24, 2.45) is 0 Å². The van der Waals surface area contributed by atoms with E-state index in [0.29, 0.717) is 5.39 Å². The van der Waals surface area contributed by atoms with Gasteiger partial charge in [0.1, 0.15) is 0 Å². The highest BCUT2D eigenvalue weighted by Gasteiger charge is 2.12. The number of nitrogens with zero attached hydrogens (tertiary/aromatic N) is 3. The summed E-state index contributed by atoms with van der Waals surface area (Å²) >= 11 is 0. The Morgan fingerprint density at radius 2 is 1.65 bits per heavy atom. The molecule has 3 rings (SSSR count). The van der Waals surface area contributed by atoms with Gasteiger partial charge in [-0.05, 0) is 51.7 Å². The maximum atomic E-state index is 12.1. The maximum Gasteiger partial charge on any atom is 0.272 e. The van der Waals surface area contributed by atoms with Crippen LogP contribution in [0.5, 0.6) is 0 Å². The molecule has 0 amide bonds. The molecule has 0 radical (unpaired) electrons. The first-order valence-corrected chi connectivity index (χ1v) is 10.1. The molecule has 0 aliphatic carbocycles. The van der Waals surface area contributed by atoms with Gasteiger partial charge in [-0.25, -0.2) is 5.10 Å². The summed E-state index contributed by atoms with van der Waals surface area (Å²) in [5.41, 5.74) is 3.83. The Bertz CT molecular complexity index is 1020. The molecule has 0 saturated carbocycles. The van der Waals surface area contributed by atoms with Crippen LogP contribution in [0.25, 0.3) is 22.0 Å². The molecular formula is C23H33Cl2N5O. The Balaban J connectivity index is 0.00000240. The van der Waals surface area contributed by atoms with E-state index in [2.05, 4.69) is 57.6 Å². The summed E-state index contributed by atoms with van der Waals surface area (Å²) in [4.78, 5) is 16.4. The summed E-state index contributed by atoms with van der Waals surface area (Å²) in [5, 5.41) is 12.1. The minimum Gasteiger partial charge on any atom is -0.383 e. The summed E-state index contributed by atoms with van der Waals surface area (Å²) < 4.78 is 0. The Hall–Kier alpha value is -2.28. The van der Waals surface area contributed by atoms with E-state index in [0.717, 1.165) is 47.5 Å². The van der Waals surface area contributed by atoms with Crippen molar-refractivity contribution in [2.75, 3.05) is 51.5 Å². The second kappa shape index (κ2) is 12.5. The second-order valence-electron chi connectivity index (χ2n) is 7.86. The van der Waals surface area contributed by atoms with Crippen molar-refractivity contribution in [3.8, 4) is 11.3 Å². The second-order valence-corrected chi connectivity index (χ2v) is 7.86. The Morgan fingerprint density at radius 1 is 0.935 bits per heavy atom. The highest BCUT2D eigenvalue weighted by atomic mass is 35.5. The summed E-state index contributed by atoms with van der Waals surface area (Å²) in [6, 6.07) is 13.9. The number of halogens is 2. The minimum atomic E-state index is -0.162. The zero-order valence-corrected chi connectivity index (χ0v) is 20.3. The predicted octanol–water partition coefficient (Wildman–Crippen LogP) is 4.64. The number of aromatic amines is 1. The average Bonchev–Trinajstić information content (AvgIpc) is 2.70. The molecule has 0 saturated heterocycles. The molecule has 1 heterocycles. The highest BCUT2D eigenvalue weighted by molar-refractivity contribution is 5.94. The quantitative estimate of drug-likeness (QED) is 0.450. The average molecular weight is 466 g/mol. The van der Waals surface area contributed by atoms with E-state index in [-0.39, 0.29) is 30.4 Å². The van der Waals surface area contributed by atoms with Crippen LogP contribution in [0, 0.1) is 0 Å². The molecule has 31 heavy (non-hydrogen) atoms. The number of hydrogen-bond acceptors (Lipinski definition) is 5. The van der Waals surface area contributed by atoms with Crippen LogP contribution >= 0.6 is 24.8 Å². The van der Waals surface area contributed by atoms with Crippen LogP contribution in [-0.2, 0) is 0 Å². The van der Waals surface area contributed by atoms with Crippen LogP contribution in [0.2, 0.25) is 0 Å². The summed E-state index contributed by atoms with van der Waals surface area (Å²) in [6.45, 7) is 2.06. The Labute approximate surface area is 196 Å². The van der Waals surface area contributed by atoms with Crippen molar-refractivity contribution in [3.63, 3.8) is 0 Å². The topological polar surface area (TPSA) is 64.3 Å². The lowest BCUT2D eigenvalue weighted by molar-refractivity contribution is 0.393. The molecule has 0 fully saturated rings. The van der Waals surface area contributed by atoms with E-state index in [9.17, 15) is 4.79 Å². The third kappa shape index (κ3) is 6.86. The zero-order valence-electron chi connectivity index (χ0n) is 18.6. The first kappa shape index (κ1) is 26.8. The normalized spacial score (nSPS) is 10.5. The van der Waals surface area contributed by atoms with Gasteiger partial charge in [0, 0.05) is 31.6 Å². The smallest absolute Gasteiger partial charge is 0.272 e. The third-order valence-electron chi connectivity index (χ3n) is 5.05. The number of hydrogen-bond donors (Lipinski definition) is 2. The van der Waals surface area contributed by atoms with Crippen molar-refractivity contribution in [2.45, 2.75) is 19.3 Å². The first-order chi connectivity index (χ1) is 14.0. The maximum absolute atomic E-state index is 12.1. The number of benzene rings is 2. The van der Waals surface area contributed by atoms with Gasteiger partial charge < -0.3 is 15.1 Å². The fraction of sp³-hybridized carbons (Fsp3) is 0.391. The molecule has 0 bridgehead atoms. The van der Waals surface area contributed by atoms with E-state index in [1.807, 2.05) is 38.4 Å². The fourth-order valence-electron chi connectivity index (χ4n) is 3.50. The zero-order chi connectivity index (χ0) is 20.8. The lowest BCUT2D eigenvalue weighted by atomic mass is 10.0. The van der Waals surface area contributed by atoms with Crippen molar-refractivity contribution in [1.82, 2.24) is 15.1 Å². The lowest BCUT2D eigenvalue weighted by Crippen LogP contribution is -2.14. The molecule has 1 aromatic heterocycles. The predicted molar refractivity (Wildman–Crippen MR) is 138 cm³/mol. The van der Waals surface area contributed by atoms with E-state index >= 15 is 0 Å². The van der Waals surface area contributed by atoms with E-state index < -0.39 is 0 Å². The highest BCUT2D eigenvalue weighted by Crippen LogP contribution is 2.32. The van der Waals surface area contributed by atoms with Crippen LogP contribution in [-0.4, -0.2) is 56.4 Å². The number of fused-ring (bicyclic) bond motifs is 1. The van der Waals surface area contributed by atoms with E-state index in [1.54, 1.807) is 0 Å². The van der Waals surface area contributed by atoms with Crippen LogP contribution in [0.4, 0.5) is 11.4 Å². The molecule has 2 N–H and O–H groups in total. The molecule has 0 spiro atoms. The third-order valence-corrected chi connectivity index (χ3v) is 5.05. The minimum absolute atomic E-state index is 0. The van der Waals surface area contributed by atoms with Gasteiger partial charge in [-0.2, -0.15) is 5.10 Å². The molecular weight excluding hydrogens is 433 g/mol. The van der Waals surface area contributed by atoms with Gasteiger partial charge in [0.15, 0.2) is 0 Å². The molecule has 0 atom stereocenters. The Morgan fingerprint density at radius 3 is 2.32 bits per heavy atom.